The molecule has 1 aromatic carbocycles. The number of phenols is 1. The fourth-order valence-electron chi connectivity index (χ4n) is 1.72. The zero-order chi connectivity index (χ0) is 11.4. The molecule has 15 heavy (non-hydrogen) atoms. The Morgan fingerprint density at radius 3 is 2.60 bits per heavy atom. The fourth-order valence-corrected chi connectivity index (χ4v) is 1.72. The first kappa shape index (κ1) is 11.7. The van der Waals surface area contributed by atoms with E-state index in [2.05, 4.69) is 0 Å². The third-order valence-electron chi connectivity index (χ3n) is 2.29. The van der Waals surface area contributed by atoms with E-state index >= 15 is 0 Å². The van der Waals surface area contributed by atoms with Crippen molar-refractivity contribution in [3.8, 4) is 5.75 Å². The van der Waals surface area contributed by atoms with Crippen LogP contribution in [0.1, 0.15) is 42.6 Å². The largest absolute Gasteiger partial charge is 0.508 e. The van der Waals surface area contributed by atoms with Gasteiger partial charge in [-0.1, -0.05) is 13.8 Å². The van der Waals surface area contributed by atoms with Crippen LogP contribution < -0.4 is 0 Å². The lowest BCUT2D eigenvalue weighted by Crippen LogP contribution is -2.12. The summed E-state index contributed by atoms with van der Waals surface area (Å²) in [6, 6.07) is 2.46. The van der Waals surface area contributed by atoms with Crippen LogP contribution in [-0.2, 0) is 6.42 Å². The van der Waals surface area contributed by atoms with E-state index < -0.39 is 5.82 Å². The lowest BCUT2D eigenvalue weighted by molar-refractivity contribution is 0.0968. The van der Waals surface area contributed by atoms with Crippen LogP contribution in [0.3, 0.4) is 0 Å². The average Bonchev–Trinajstić information content (AvgIpc) is 2.19. The van der Waals surface area contributed by atoms with Crippen molar-refractivity contribution in [2.75, 3.05) is 0 Å². The van der Waals surface area contributed by atoms with Crippen molar-refractivity contribution in [1.82, 2.24) is 0 Å². The number of rotatable bonds is 0. The molecule has 0 radical (unpaired) electrons. The van der Waals surface area contributed by atoms with Crippen molar-refractivity contribution in [2.45, 2.75) is 33.1 Å². The quantitative estimate of drug-likeness (QED) is 0.714. The second-order valence-electron chi connectivity index (χ2n) is 3.24. The normalized spacial score (nSPS) is 13.9. The van der Waals surface area contributed by atoms with E-state index in [0.29, 0.717) is 18.4 Å². The maximum atomic E-state index is 13.2. The van der Waals surface area contributed by atoms with Crippen LogP contribution in [0.25, 0.3) is 0 Å². The molecule has 0 saturated heterocycles. The lowest BCUT2D eigenvalue weighted by Gasteiger charge is -2.14. The van der Waals surface area contributed by atoms with Crippen LogP contribution in [0.5, 0.6) is 5.75 Å². The number of hydrogen-bond donors (Lipinski definition) is 1. The standard InChI is InChI=1S/C10H9FO2.C2H6/c11-8-5-7(12)4-6-2-1-3-9(13)10(6)8;1-2/h4-5,12H,1-3H2;1-2H3. The first-order valence-electron chi connectivity index (χ1n) is 5.23. The van der Waals surface area contributed by atoms with Crippen molar-refractivity contribution >= 4 is 5.78 Å². The zero-order valence-corrected chi connectivity index (χ0v) is 9.01. The Bertz CT molecular complexity index is 372. The summed E-state index contributed by atoms with van der Waals surface area (Å²) >= 11 is 0. The maximum absolute atomic E-state index is 13.2. The van der Waals surface area contributed by atoms with Crippen LogP contribution in [0.4, 0.5) is 4.39 Å². The molecule has 0 spiro atoms. The maximum Gasteiger partial charge on any atom is 0.166 e. The Kier molecular flexibility index (Phi) is 3.83. The summed E-state index contributed by atoms with van der Waals surface area (Å²) in [7, 11) is 0. The molecule has 0 saturated carbocycles. The molecular formula is C12H15FO2. The molecule has 1 aromatic rings. The van der Waals surface area contributed by atoms with Gasteiger partial charge in [0.2, 0.25) is 0 Å². The molecule has 0 heterocycles. The minimum absolute atomic E-state index is 0.106. The Labute approximate surface area is 88.7 Å². The summed E-state index contributed by atoms with van der Waals surface area (Å²) in [5.41, 5.74) is 0.804. The number of carbonyl (C=O) groups is 1. The molecule has 82 valence electrons. The summed E-state index contributed by atoms with van der Waals surface area (Å²) in [5.74, 6) is -0.857. The van der Waals surface area contributed by atoms with E-state index in [1.165, 1.54) is 6.07 Å². The Morgan fingerprint density at radius 1 is 1.27 bits per heavy atom. The number of fused-ring (bicyclic) bond motifs is 1. The molecule has 0 amide bonds. The number of ketones is 1. The number of hydrogen-bond acceptors (Lipinski definition) is 2. The van der Waals surface area contributed by atoms with Gasteiger partial charge in [0.1, 0.15) is 11.6 Å². The highest BCUT2D eigenvalue weighted by molar-refractivity contribution is 5.98. The topological polar surface area (TPSA) is 37.3 Å². The molecule has 0 aromatic heterocycles. The van der Waals surface area contributed by atoms with Crippen LogP contribution in [0.15, 0.2) is 12.1 Å². The van der Waals surface area contributed by atoms with E-state index in [1.807, 2.05) is 13.8 Å². The first-order valence-corrected chi connectivity index (χ1v) is 5.23. The number of aryl methyl sites for hydroxylation is 1. The molecule has 0 atom stereocenters. The van der Waals surface area contributed by atoms with E-state index in [9.17, 15) is 9.18 Å². The summed E-state index contributed by atoms with van der Waals surface area (Å²) in [4.78, 5) is 11.3. The fraction of sp³-hybridized carbons (Fsp3) is 0.417. The summed E-state index contributed by atoms with van der Waals surface area (Å²) in [6.45, 7) is 4.00. The monoisotopic (exact) mass is 210 g/mol. The number of benzene rings is 1. The van der Waals surface area contributed by atoms with Gasteiger partial charge >= 0.3 is 0 Å². The van der Waals surface area contributed by atoms with Crippen LogP contribution in [0, 0.1) is 5.82 Å². The van der Waals surface area contributed by atoms with Gasteiger partial charge in [0, 0.05) is 12.5 Å². The second-order valence-corrected chi connectivity index (χ2v) is 3.24. The highest BCUT2D eigenvalue weighted by Crippen LogP contribution is 2.27. The predicted octanol–water partition coefficient (Wildman–Crippen LogP) is 3.08. The molecule has 3 heteroatoms. The molecule has 0 unspecified atom stereocenters. The van der Waals surface area contributed by atoms with Crippen molar-refractivity contribution < 1.29 is 14.3 Å². The molecule has 1 N–H and O–H groups in total. The molecule has 0 fully saturated rings. The summed E-state index contributed by atoms with van der Waals surface area (Å²) in [5, 5.41) is 9.10. The molecule has 0 bridgehead atoms. The number of carbonyl (C=O) groups excluding carboxylic acids is 1. The predicted molar refractivity (Wildman–Crippen MR) is 56.7 cm³/mol. The number of halogens is 1. The Morgan fingerprint density at radius 2 is 1.93 bits per heavy atom. The molecule has 2 nitrogen and oxygen atoms in total. The Balaban J connectivity index is 0.000000531. The van der Waals surface area contributed by atoms with Gasteiger partial charge in [-0.3, -0.25) is 4.79 Å². The van der Waals surface area contributed by atoms with Crippen molar-refractivity contribution in [2.24, 2.45) is 0 Å². The molecule has 0 aliphatic heterocycles. The van der Waals surface area contributed by atoms with Gasteiger partial charge in [-0.05, 0) is 24.5 Å². The van der Waals surface area contributed by atoms with Gasteiger partial charge in [-0.15, -0.1) is 0 Å². The van der Waals surface area contributed by atoms with Gasteiger partial charge in [0.15, 0.2) is 5.78 Å². The number of aromatic hydroxyl groups is 1. The van der Waals surface area contributed by atoms with Gasteiger partial charge < -0.3 is 5.11 Å². The van der Waals surface area contributed by atoms with Gasteiger partial charge in [-0.2, -0.15) is 0 Å². The molecule has 2 rings (SSSR count). The average molecular weight is 210 g/mol. The molecular weight excluding hydrogens is 195 g/mol. The SMILES string of the molecule is CC.O=C1CCCc2cc(O)cc(F)c21. The van der Waals surface area contributed by atoms with E-state index in [1.54, 1.807) is 0 Å². The van der Waals surface area contributed by atoms with Crippen molar-refractivity contribution in [3.63, 3.8) is 0 Å². The third kappa shape index (κ3) is 2.35. The third-order valence-corrected chi connectivity index (χ3v) is 2.29. The number of phenolic OH excluding ortho intramolecular Hbond substituents is 1. The Hall–Kier alpha value is -1.38. The van der Waals surface area contributed by atoms with Crippen LogP contribution >= 0.6 is 0 Å². The van der Waals surface area contributed by atoms with Gasteiger partial charge in [0.05, 0.1) is 5.56 Å². The molecule has 1 aliphatic carbocycles. The lowest BCUT2D eigenvalue weighted by atomic mass is 9.90. The van der Waals surface area contributed by atoms with E-state index in [4.69, 9.17) is 5.11 Å². The summed E-state index contributed by atoms with van der Waals surface area (Å²) in [6.07, 6.45) is 1.83. The minimum atomic E-state index is -0.597. The summed E-state index contributed by atoms with van der Waals surface area (Å²) < 4.78 is 13.2. The van der Waals surface area contributed by atoms with Gasteiger partial charge in [-0.25, -0.2) is 4.39 Å². The highest BCUT2D eigenvalue weighted by atomic mass is 19.1. The van der Waals surface area contributed by atoms with Crippen molar-refractivity contribution in [1.29, 1.82) is 0 Å². The van der Waals surface area contributed by atoms with Crippen LogP contribution in [-0.4, -0.2) is 10.9 Å². The minimum Gasteiger partial charge on any atom is -0.508 e. The van der Waals surface area contributed by atoms with E-state index in [0.717, 1.165) is 12.5 Å². The second kappa shape index (κ2) is 4.91. The first-order chi connectivity index (χ1) is 7.18. The van der Waals surface area contributed by atoms with E-state index in [-0.39, 0.29) is 17.1 Å². The number of Topliss-reactive ketones (excluding diaryl/α,β-unsaturated/α-hetero) is 1. The van der Waals surface area contributed by atoms with Gasteiger partial charge in [0.25, 0.3) is 0 Å². The smallest absolute Gasteiger partial charge is 0.166 e. The van der Waals surface area contributed by atoms with Crippen LogP contribution in [0.2, 0.25) is 0 Å². The highest BCUT2D eigenvalue weighted by Gasteiger charge is 2.21. The molecule has 1 aliphatic rings. The van der Waals surface area contributed by atoms with Crippen molar-refractivity contribution in [3.05, 3.63) is 29.1 Å². The zero-order valence-electron chi connectivity index (χ0n) is 9.01.